The summed E-state index contributed by atoms with van der Waals surface area (Å²) in [7, 11) is 0. The van der Waals surface area contributed by atoms with E-state index in [2.05, 4.69) is 10.1 Å². The number of hydrogen-bond acceptors (Lipinski definition) is 4. The third kappa shape index (κ3) is 1.84. The van der Waals surface area contributed by atoms with Crippen molar-refractivity contribution in [2.45, 2.75) is 13.8 Å². The van der Waals surface area contributed by atoms with Gasteiger partial charge in [-0.15, -0.1) is 0 Å². The van der Waals surface area contributed by atoms with Gasteiger partial charge < -0.3 is 11.5 Å². The zero-order valence-electron chi connectivity index (χ0n) is 9.64. The first-order valence-corrected chi connectivity index (χ1v) is 5.08. The summed E-state index contributed by atoms with van der Waals surface area (Å²) < 4.78 is 1.59. The van der Waals surface area contributed by atoms with Crippen LogP contribution in [0.25, 0.3) is 5.82 Å². The third-order valence-corrected chi connectivity index (χ3v) is 2.59. The molecule has 2 aromatic rings. The van der Waals surface area contributed by atoms with Crippen LogP contribution in [0.1, 0.15) is 21.7 Å². The molecule has 0 aromatic carbocycles. The van der Waals surface area contributed by atoms with E-state index < -0.39 is 5.91 Å². The largest absolute Gasteiger partial charge is 0.396 e. The number of aryl methyl sites for hydroxylation is 1. The number of carbonyl (C=O) groups excluding carboxylic acids is 1. The lowest BCUT2D eigenvalue weighted by Crippen LogP contribution is -2.12. The molecular formula is C11H13N5O. The first kappa shape index (κ1) is 11.1. The molecule has 0 aliphatic heterocycles. The Hall–Kier alpha value is -2.37. The molecule has 0 bridgehead atoms. The third-order valence-electron chi connectivity index (χ3n) is 2.59. The van der Waals surface area contributed by atoms with Gasteiger partial charge in [0.25, 0.3) is 0 Å². The van der Waals surface area contributed by atoms with Gasteiger partial charge in [-0.2, -0.15) is 5.10 Å². The predicted molar refractivity (Wildman–Crippen MR) is 63.8 cm³/mol. The molecule has 0 radical (unpaired) electrons. The predicted octanol–water partition coefficient (Wildman–Crippen LogP) is 0.565. The van der Waals surface area contributed by atoms with Crippen molar-refractivity contribution >= 4 is 11.6 Å². The summed E-state index contributed by atoms with van der Waals surface area (Å²) in [5.74, 6) is 0.0294. The van der Waals surface area contributed by atoms with Gasteiger partial charge in [0.15, 0.2) is 5.82 Å². The second kappa shape index (κ2) is 3.89. The highest BCUT2D eigenvalue weighted by Gasteiger charge is 2.11. The van der Waals surface area contributed by atoms with E-state index in [1.54, 1.807) is 16.8 Å². The fourth-order valence-corrected chi connectivity index (χ4v) is 1.57. The van der Waals surface area contributed by atoms with E-state index >= 15 is 0 Å². The topological polar surface area (TPSA) is 99.8 Å². The molecule has 2 aromatic heterocycles. The van der Waals surface area contributed by atoms with Crippen LogP contribution >= 0.6 is 0 Å². The van der Waals surface area contributed by atoms with Crippen LogP contribution in [-0.2, 0) is 0 Å². The second-order valence-electron chi connectivity index (χ2n) is 3.76. The van der Waals surface area contributed by atoms with Crippen LogP contribution in [0.5, 0.6) is 0 Å². The maximum absolute atomic E-state index is 11.1. The van der Waals surface area contributed by atoms with Gasteiger partial charge >= 0.3 is 0 Å². The average Bonchev–Trinajstić information content (AvgIpc) is 2.57. The van der Waals surface area contributed by atoms with Crippen LogP contribution in [0.3, 0.4) is 0 Å². The molecule has 0 fully saturated rings. The van der Waals surface area contributed by atoms with Gasteiger partial charge in [-0.25, -0.2) is 9.67 Å². The molecule has 6 nitrogen and oxygen atoms in total. The van der Waals surface area contributed by atoms with Gasteiger partial charge in [-0.3, -0.25) is 4.79 Å². The Kier molecular flexibility index (Phi) is 2.55. The number of pyridine rings is 1. The van der Waals surface area contributed by atoms with E-state index in [-0.39, 0.29) is 0 Å². The summed E-state index contributed by atoms with van der Waals surface area (Å²) in [5, 5.41) is 4.26. The highest BCUT2D eigenvalue weighted by atomic mass is 16.1. The molecule has 17 heavy (non-hydrogen) atoms. The van der Waals surface area contributed by atoms with Gasteiger partial charge in [-0.1, -0.05) is 0 Å². The zero-order valence-corrected chi connectivity index (χ0v) is 9.64. The maximum Gasteiger partial charge on any atom is 0.248 e. The van der Waals surface area contributed by atoms with Crippen molar-refractivity contribution in [2.24, 2.45) is 5.73 Å². The van der Waals surface area contributed by atoms with Crippen LogP contribution in [-0.4, -0.2) is 20.7 Å². The summed E-state index contributed by atoms with van der Waals surface area (Å²) in [6.45, 7) is 3.66. The Morgan fingerprint density at radius 3 is 2.65 bits per heavy atom. The maximum atomic E-state index is 11.1. The van der Waals surface area contributed by atoms with Crippen LogP contribution in [0.2, 0.25) is 0 Å². The van der Waals surface area contributed by atoms with E-state index in [0.29, 0.717) is 17.1 Å². The van der Waals surface area contributed by atoms with Gasteiger partial charge in [0.1, 0.15) is 0 Å². The number of amides is 1. The van der Waals surface area contributed by atoms with Crippen molar-refractivity contribution in [3.8, 4) is 5.82 Å². The molecule has 0 unspecified atom stereocenters. The normalized spacial score (nSPS) is 10.5. The lowest BCUT2D eigenvalue weighted by molar-refractivity contribution is 0.1000. The Labute approximate surface area is 98.3 Å². The number of nitrogens with zero attached hydrogens (tertiary/aromatic N) is 3. The highest BCUT2D eigenvalue weighted by molar-refractivity contribution is 5.93. The van der Waals surface area contributed by atoms with Crippen molar-refractivity contribution in [3.63, 3.8) is 0 Å². The Morgan fingerprint density at radius 1 is 1.41 bits per heavy atom. The molecule has 0 spiro atoms. The van der Waals surface area contributed by atoms with E-state index in [9.17, 15) is 4.79 Å². The number of primary amides is 1. The SMILES string of the molecule is Cc1nn(-c2cc(C(N)=O)ccn2)c(C)c1N. The molecule has 6 heteroatoms. The smallest absolute Gasteiger partial charge is 0.248 e. The molecule has 0 atom stereocenters. The van der Waals surface area contributed by atoms with Crippen molar-refractivity contribution in [1.82, 2.24) is 14.8 Å². The van der Waals surface area contributed by atoms with Crippen LogP contribution in [0.15, 0.2) is 18.3 Å². The summed E-state index contributed by atoms with van der Waals surface area (Å²) in [6, 6.07) is 3.14. The van der Waals surface area contributed by atoms with Crippen LogP contribution in [0.4, 0.5) is 5.69 Å². The molecule has 4 N–H and O–H groups in total. The molecule has 0 aliphatic rings. The molecular weight excluding hydrogens is 218 g/mol. The first-order chi connectivity index (χ1) is 8.00. The Balaban J connectivity index is 2.56. The molecule has 0 saturated heterocycles. The van der Waals surface area contributed by atoms with Gasteiger partial charge in [0, 0.05) is 11.8 Å². The average molecular weight is 231 g/mol. The number of hydrogen-bond donors (Lipinski definition) is 2. The minimum Gasteiger partial charge on any atom is -0.396 e. The van der Waals surface area contributed by atoms with Crippen molar-refractivity contribution in [1.29, 1.82) is 0 Å². The zero-order chi connectivity index (χ0) is 12.6. The summed E-state index contributed by atoms with van der Waals surface area (Å²) >= 11 is 0. The van der Waals surface area contributed by atoms with Crippen LogP contribution in [0, 0.1) is 13.8 Å². The summed E-state index contributed by atoms with van der Waals surface area (Å²) in [5.41, 5.74) is 13.6. The van der Waals surface area contributed by atoms with Crippen molar-refractivity contribution in [2.75, 3.05) is 5.73 Å². The van der Waals surface area contributed by atoms with E-state index in [1.165, 1.54) is 6.20 Å². The number of nitrogens with two attached hydrogens (primary N) is 2. The van der Waals surface area contributed by atoms with Crippen molar-refractivity contribution < 1.29 is 4.79 Å². The number of anilines is 1. The molecule has 2 heterocycles. The molecule has 1 amide bonds. The highest BCUT2D eigenvalue weighted by Crippen LogP contribution is 2.18. The minimum atomic E-state index is -0.497. The fourth-order valence-electron chi connectivity index (χ4n) is 1.57. The molecule has 0 saturated carbocycles. The molecule has 2 rings (SSSR count). The lowest BCUT2D eigenvalue weighted by Gasteiger charge is -2.04. The standard InChI is InChI=1S/C11H13N5O/c1-6-10(12)7(2)16(15-6)9-5-8(11(13)17)3-4-14-9/h3-5H,12H2,1-2H3,(H2,13,17). The number of aromatic nitrogens is 3. The number of nitrogen functional groups attached to an aromatic ring is 1. The van der Waals surface area contributed by atoms with Gasteiger partial charge in [0.2, 0.25) is 5.91 Å². The molecule has 0 aliphatic carbocycles. The first-order valence-electron chi connectivity index (χ1n) is 5.08. The van der Waals surface area contributed by atoms with Crippen LogP contribution < -0.4 is 11.5 Å². The fraction of sp³-hybridized carbons (Fsp3) is 0.182. The lowest BCUT2D eigenvalue weighted by atomic mass is 10.2. The second-order valence-corrected chi connectivity index (χ2v) is 3.76. The van der Waals surface area contributed by atoms with Crippen molar-refractivity contribution in [3.05, 3.63) is 35.3 Å². The summed E-state index contributed by atoms with van der Waals surface area (Å²) in [4.78, 5) is 15.2. The Morgan fingerprint density at radius 2 is 2.12 bits per heavy atom. The van der Waals surface area contributed by atoms with E-state index in [0.717, 1.165) is 11.4 Å². The minimum absolute atomic E-state index is 0.390. The summed E-state index contributed by atoms with van der Waals surface area (Å²) in [6.07, 6.45) is 1.52. The monoisotopic (exact) mass is 231 g/mol. The molecule has 88 valence electrons. The number of rotatable bonds is 2. The Bertz CT molecular complexity index is 588. The van der Waals surface area contributed by atoms with Gasteiger partial charge in [0.05, 0.1) is 17.1 Å². The van der Waals surface area contributed by atoms with Gasteiger partial charge in [-0.05, 0) is 26.0 Å². The quantitative estimate of drug-likeness (QED) is 0.788. The number of carbonyl (C=O) groups is 1. The van der Waals surface area contributed by atoms with E-state index in [1.807, 2.05) is 13.8 Å². The van der Waals surface area contributed by atoms with E-state index in [4.69, 9.17) is 11.5 Å².